The minimum absolute atomic E-state index is 0.152. The number of benzene rings is 1. The zero-order chi connectivity index (χ0) is 25.9. The minimum atomic E-state index is -4.10. The lowest BCUT2D eigenvalue weighted by molar-refractivity contribution is 0.101. The number of nitrogens with two attached hydrogens (primary N) is 1. The molecular weight excluding hydrogens is 484 g/mol. The molecule has 4 rings (SSSR count). The van der Waals surface area contributed by atoms with Crippen LogP contribution in [0.25, 0.3) is 0 Å². The van der Waals surface area contributed by atoms with Crippen molar-refractivity contribution in [2.75, 3.05) is 11.9 Å². The average molecular weight is 511 g/mol. The van der Waals surface area contributed by atoms with E-state index in [4.69, 9.17) is 11.6 Å². The van der Waals surface area contributed by atoms with E-state index >= 15 is 0 Å². The Morgan fingerprint density at radius 3 is 2.94 bits per heavy atom. The van der Waals surface area contributed by atoms with Crippen molar-refractivity contribution in [2.45, 2.75) is 38.0 Å². The third-order valence-corrected chi connectivity index (χ3v) is 6.64. The zero-order valence-corrected chi connectivity index (χ0v) is 20.3. The summed E-state index contributed by atoms with van der Waals surface area (Å²) in [4.78, 5) is 21.5. The fourth-order valence-electron chi connectivity index (χ4n) is 4.24. The van der Waals surface area contributed by atoms with Crippen LogP contribution in [0.1, 0.15) is 53.0 Å². The molecule has 12 heteroatoms. The van der Waals surface area contributed by atoms with E-state index in [1.807, 2.05) is 31.2 Å². The number of aliphatic hydroxyl groups excluding tert-OH is 1. The number of nitrogens with one attached hydrogen (secondary N) is 1. The number of aromatic nitrogens is 4. The van der Waals surface area contributed by atoms with Gasteiger partial charge < -0.3 is 10.4 Å². The van der Waals surface area contributed by atoms with Gasteiger partial charge in [-0.25, -0.2) is 15.1 Å². The third kappa shape index (κ3) is 5.95. The number of ketones is 1. The summed E-state index contributed by atoms with van der Waals surface area (Å²) in [6.07, 6.45) is 9.86. The number of anilines is 1. The lowest BCUT2D eigenvalue weighted by Crippen LogP contribution is -2.24. The van der Waals surface area contributed by atoms with Gasteiger partial charge in [0.1, 0.15) is 17.8 Å². The average Bonchev–Trinajstić information content (AvgIpc) is 3.48. The first-order chi connectivity index (χ1) is 17.1. The Hall–Kier alpha value is -3.63. The number of aliphatic hydroxyl groups is 1. The van der Waals surface area contributed by atoms with E-state index in [1.54, 1.807) is 16.9 Å². The molecule has 0 saturated heterocycles. The van der Waals surface area contributed by atoms with Crippen LogP contribution in [0.15, 0.2) is 49.1 Å². The number of carbonyl (C=O) groups excluding carboxylic acids is 1. The largest absolute Gasteiger partial charge is 0.393 e. The monoisotopic (exact) mass is 510 g/mol. The molecule has 2 heterocycles. The Bertz CT molecular complexity index is 1400. The van der Waals surface area contributed by atoms with Gasteiger partial charge in [-0.2, -0.15) is 13.5 Å². The highest BCUT2D eigenvalue weighted by atomic mass is 32.2. The van der Waals surface area contributed by atoms with Crippen molar-refractivity contribution in [3.8, 4) is 12.3 Å². The minimum Gasteiger partial charge on any atom is -0.393 e. The number of rotatable bonds is 9. The van der Waals surface area contributed by atoms with Gasteiger partial charge in [-0.3, -0.25) is 13.7 Å². The van der Waals surface area contributed by atoms with Gasteiger partial charge in [-0.15, -0.1) is 6.42 Å². The summed E-state index contributed by atoms with van der Waals surface area (Å²) in [6.45, 7) is 1.73. The molecule has 1 saturated carbocycles. The van der Waals surface area contributed by atoms with Crippen LogP contribution in [0.4, 0.5) is 5.82 Å². The number of hydrogen-bond acceptors (Lipinski definition) is 9. The van der Waals surface area contributed by atoms with Crippen molar-refractivity contribution in [3.63, 3.8) is 0 Å². The van der Waals surface area contributed by atoms with E-state index < -0.39 is 22.3 Å². The Morgan fingerprint density at radius 2 is 2.19 bits per heavy atom. The number of nitrogens with zero attached hydrogens (tertiary/aromatic N) is 4. The number of hydrogen-bond donors (Lipinski definition) is 3. The van der Waals surface area contributed by atoms with Crippen molar-refractivity contribution >= 4 is 21.9 Å². The van der Waals surface area contributed by atoms with Crippen LogP contribution in [0, 0.1) is 18.3 Å². The molecule has 188 valence electrons. The van der Waals surface area contributed by atoms with Crippen molar-refractivity contribution in [3.05, 3.63) is 71.4 Å². The second kappa shape index (κ2) is 10.5. The molecule has 1 aliphatic rings. The molecule has 4 atom stereocenters. The molecule has 3 aromatic rings. The second-order valence-electron chi connectivity index (χ2n) is 8.66. The van der Waals surface area contributed by atoms with Gasteiger partial charge in [0.15, 0.2) is 0 Å². The first-order valence-electron chi connectivity index (χ1n) is 11.2. The van der Waals surface area contributed by atoms with E-state index in [-0.39, 0.29) is 35.7 Å². The summed E-state index contributed by atoms with van der Waals surface area (Å²) in [6, 6.07) is 8.77. The maximum atomic E-state index is 13.3. The van der Waals surface area contributed by atoms with Gasteiger partial charge in [0.25, 0.3) is 0 Å². The topological polar surface area (TPSA) is 162 Å². The Balaban J connectivity index is 1.48. The summed E-state index contributed by atoms with van der Waals surface area (Å²) in [7, 11) is -4.10. The molecule has 0 radical (unpaired) electrons. The molecule has 0 aliphatic heterocycles. The molecule has 0 spiro atoms. The summed E-state index contributed by atoms with van der Waals surface area (Å²) >= 11 is 0. The van der Waals surface area contributed by atoms with Crippen LogP contribution in [-0.2, 0) is 14.5 Å². The smallest absolute Gasteiger partial charge is 0.333 e. The predicted molar refractivity (Wildman–Crippen MR) is 131 cm³/mol. The summed E-state index contributed by atoms with van der Waals surface area (Å²) in [5, 5.41) is 22.8. The maximum absolute atomic E-state index is 13.3. The molecule has 0 amide bonds. The van der Waals surface area contributed by atoms with Gasteiger partial charge >= 0.3 is 10.3 Å². The van der Waals surface area contributed by atoms with Crippen LogP contribution in [0.2, 0.25) is 0 Å². The lowest BCUT2D eigenvalue weighted by Gasteiger charge is -2.15. The fraction of sp³-hybridized carbons (Fsp3) is 0.333. The van der Waals surface area contributed by atoms with Crippen molar-refractivity contribution < 1.29 is 22.5 Å². The van der Waals surface area contributed by atoms with E-state index in [0.717, 1.165) is 11.1 Å². The van der Waals surface area contributed by atoms with E-state index in [0.29, 0.717) is 18.7 Å². The molecule has 2 aromatic heterocycles. The van der Waals surface area contributed by atoms with Crippen LogP contribution in [0.3, 0.4) is 0 Å². The van der Waals surface area contributed by atoms with Crippen molar-refractivity contribution in [2.24, 2.45) is 11.1 Å². The summed E-state index contributed by atoms with van der Waals surface area (Å²) < 4.78 is 28.4. The van der Waals surface area contributed by atoms with Gasteiger partial charge in [0, 0.05) is 29.9 Å². The quantitative estimate of drug-likeness (QED) is 0.284. The van der Waals surface area contributed by atoms with Crippen LogP contribution >= 0.6 is 0 Å². The molecule has 36 heavy (non-hydrogen) atoms. The molecular formula is C24H26N6O5S. The van der Waals surface area contributed by atoms with Crippen LogP contribution < -0.4 is 10.5 Å². The molecule has 11 nitrogen and oxygen atoms in total. The number of terminal acetylenes is 1. The Labute approximate surface area is 209 Å². The predicted octanol–water partition coefficient (Wildman–Crippen LogP) is 1.27. The van der Waals surface area contributed by atoms with Crippen LogP contribution in [0.5, 0.6) is 0 Å². The molecule has 1 aliphatic carbocycles. The highest BCUT2D eigenvalue weighted by Gasteiger charge is 2.35. The standard InChI is InChI=1S/C24H26N6O5S/c1-3-16-5-4-6-17(9-16)15(2)30-8-7-21(29-30)23(32)20-12-26-14-27-24(20)28-19-10-18(22(31)11-19)13-35-36(25,33)34/h1,4-9,12,14-15,18-19,22,31H,10-11,13H2,2H3,(H2,25,33,34)(H,26,27,28)/t15-,18-,19-,22+/m1/s1. The van der Waals surface area contributed by atoms with E-state index in [2.05, 4.69) is 30.5 Å². The fourth-order valence-corrected chi connectivity index (χ4v) is 4.60. The summed E-state index contributed by atoms with van der Waals surface area (Å²) in [5.41, 5.74) is 2.16. The Kier molecular flexibility index (Phi) is 7.46. The normalized spacial score (nSPS) is 20.6. The molecule has 4 N–H and O–H groups in total. The first kappa shape index (κ1) is 25.5. The van der Waals surface area contributed by atoms with Gasteiger partial charge in [-0.1, -0.05) is 18.1 Å². The Morgan fingerprint density at radius 1 is 1.39 bits per heavy atom. The first-order valence-corrected chi connectivity index (χ1v) is 12.7. The molecule has 1 aromatic carbocycles. The van der Waals surface area contributed by atoms with Gasteiger partial charge in [0.05, 0.1) is 24.3 Å². The van der Waals surface area contributed by atoms with Gasteiger partial charge in [-0.05, 0) is 43.5 Å². The highest BCUT2D eigenvalue weighted by Crippen LogP contribution is 2.30. The molecule has 0 unspecified atom stereocenters. The van der Waals surface area contributed by atoms with Gasteiger partial charge in [0.2, 0.25) is 5.78 Å². The molecule has 1 fully saturated rings. The highest BCUT2D eigenvalue weighted by molar-refractivity contribution is 7.84. The summed E-state index contributed by atoms with van der Waals surface area (Å²) in [5.74, 6) is 2.11. The molecule has 0 bridgehead atoms. The number of carbonyl (C=O) groups is 1. The third-order valence-electron chi connectivity index (χ3n) is 6.18. The van der Waals surface area contributed by atoms with E-state index in [1.165, 1.54) is 12.5 Å². The SMILES string of the molecule is C#Cc1cccc([C@@H](C)n2ccc(C(=O)c3cncnc3N[C@@H]3C[C@H](COS(N)(=O)=O)[C@@H](O)C3)n2)c1. The second-order valence-corrected chi connectivity index (χ2v) is 9.88. The van der Waals surface area contributed by atoms with Crippen molar-refractivity contribution in [1.82, 2.24) is 19.7 Å². The maximum Gasteiger partial charge on any atom is 0.333 e. The van der Waals surface area contributed by atoms with Crippen molar-refractivity contribution in [1.29, 1.82) is 0 Å². The zero-order valence-electron chi connectivity index (χ0n) is 19.5. The van der Waals surface area contributed by atoms with Crippen LogP contribution in [-0.4, -0.2) is 57.8 Å². The van der Waals surface area contributed by atoms with E-state index in [9.17, 15) is 18.3 Å². The lowest BCUT2D eigenvalue weighted by atomic mass is 10.1.